The summed E-state index contributed by atoms with van der Waals surface area (Å²) in [6, 6.07) is 9.70. The third-order valence-electron chi connectivity index (χ3n) is 3.32. The van der Waals surface area contributed by atoms with Crippen molar-refractivity contribution in [3.63, 3.8) is 0 Å². The number of aromatic nitrogens is 2. The van der Waals surface area contributed by atoms with Gasteiger partial charge in [0, 0.05) is 24.7 Å². The lowest BCUT2D eigenvalue weighted by atomic mass is 10.2. The van der Waals surface area contributed by atoms with Crippen LogP contribution in [0.25, 0.3) is 0 Å². The van der Waals surface area contributed by atoms with Crippen LogP contribution in [0.3, 0.4) is 0 Å². The highest BCUT2D eigenvalue weighted by atomic mass is 16.5. The number of hydrogen-bond acceptors (Lipinski definition) is 3. The van der Waals surface area contributed by atoms with E-state index >= 15 is 0 Å². The zero-order valence-corrected chi connectivity index (χ0v) is 11.2. The van der Waals surface area contributed by atoms with E-state index in [0.29, 0.717) is 13.2 Å². The summed E-state index contributed by atoms with van der Waals surface area (Å²) >= 11 is 0. The first-order valence-corrected chi connectivity index (χ1v) is 6.80. The van der Waals surface area contributed by atoms with Crippen LogP contribution in [0.1, 0.15) is 18.4 Å². The van der Waals surface area contributed by atoms with Crippen LogP contribution in [0, 0.1) is 0 Å². The second kappa shape index (κ2) is 5.88. The molecule has 0 saturated carbocycles. The molecule has 1 fully saturated rings. The maximum Gasteiger partial charge on any atom is 0.253 e. The fourth-order valence-electron chi connectivity index (χ4n) is 2.34. The quantitative estimate of drug-likeness (QED) is 0.926. The summed E-state index contributed by atoms with van der Waals surface area (Å²) in [5.41, 5.74) is 1.90. The highest BCUT2D eigenvalue weighted by Gasteiger charge is 2.23. The molecule has 2 aromatic rings. The van der Waals surface area contributed by atoms with Gasteiger partial charge in [-0.25, -0.2) is 0 Å². The van der Waals surface area contributed by atoms with Crippen LogP contribution in [0.5, 0.6) is 0 Å². The number of rotatable bonds is 4. The molecule has 3 rings (SSSR count). The van der Waals surface area contributed by atoms with Gasteiger partial charge in [-0.1, -0.05) is 12.1 Å². The summed E-state index contributed by atoms with van der Waals surface area (Å²) in [4.78, 5) is 12.0. The number of ether oxygens (including phenoxy) is 1. The summed E-state index contributed by atoms with van der Waals surface area (Å²) in [5.74, 6) is -0.0567. The highest BCUT2D eigenvalue weighted by molar-refractivity contribution is 5.94. The van der Waals surface area contributed by atoms with Crippen molar-refractivity contribution in [2.45, 2.75) is 25.5 Å². The fraction of sp³-hybridized carbons (Fsp3) is 0.333. The average Bonchev–Trinajstić information content (AvgIpc) is 3.12. The molecule has 2 heterocycles. The topological polar surface area (TPSA) is 56.2 Å². The number of hydrogen-bond donors (Lipinski definition) is 1. The van der Waals surface area contributed by atoms with Crippen LogP contribution >= 0.6 is 0 Å². The Hall–Kier alpha value is -2.14. The summed E-state index contributed by atoms with van der Waals surface area (Å²) in [5, 5.41) is 7.08. The van der Waals surface area contributed by atoms with E-state index < -0.39 is 0 Å². The Bertz CT molecular complexity index is 575. The Labute approximate surface area is 117 Å². The van der Waals surface area contributed by atoms with Crippen LogP contribution < -0.4 is 5.32 Å². The second-order valence-corrected chi connectivity index (χ2v) is 4.89. The minimum atomic E-state index is -0.301. The number of nitrogens with zero attached hydrogens (tertiary/aromatic N) is 2. The summed E-state index contributed by atoms with van der Waals surface area (Å²) < 4.78 is 7.22. The van der Waals surface area contributed by atoms with E-state index in [1.165, 1.54) is 0 Å². The monoisotopic (exact) mass is 271 g/mol. The van der Waals surface area contributed by atoms with Crippen molar-refractivity contribution in [2.75, 3.05) is 11.9 Å². The summed E-state index contributed by atoms with van der Waals surface area (Å²) in [6.45, 7) is 1.37. The smallest absolute Gasteiger partial charge is 0.253 e. The van der Waals surface area contributed by atoms with E-state index in [0.717, 1.165) is 24.1 Å². The van der Waals surface area contributed by atoms with Crippen molar-refractivity contribution >= 4 is 11.6 Å². The third kappa shape index (κ3) is 3.05. The number of nitrogens with one attached hydrogen (secondary N) is 1. The largest absolute Gasteiger partial charge is 0.368 e. The van der Waals surface area contributed by atoms with Crippen LogP contribution in [0.15, 0.2) is 42.7 Å². The normalized spacial score (nSPS) is 18.1. The molecule has 0 unspecified atom stereocenters. The van der Waals surface area contributed by atoms with E-state index in [2.05, 4.69) is 10.4 Å². The first kappa shape index (κ1) is 12.9. The van der Waals surface area contributed by atoms with Gasteiger partial charge < -0.3 is 10.1 Å². The lowest BCUT2D eigenvalue weighted by molar-refractivity contribution is -0.124. The Morgan fingerprint density at radius 3 is 3.15 bits per heavy atom. The molecule has 1 saturated heterocycles. The number of carbonyl (C=O) groups excluding carboxylic acids is 1. The lowest BCUT2D eigenvalue weighted by Gasteiger charge is -2.11. The van der Waals surface area contributed by atoms with Gasteiger partial charge in [-0.15, -0.1) is 0 Å². The molecule has 20 heavy (non-hydrogen) atoms. The van der Waals surface area contributed by atoms with E-state index in [1.54, 1.807) is 6.20 Å². The Morgan fingerprint density at radius 1 is 1.45 bits per heavy atom. The zero-order chi connectivity index (χ0) is 13.8. The molecule has 1 aliphatic rings. The van der Waals surface area contributed by atoms with Crippen molar-refractivity contribution in [1.82, 2.24) is 9.78 Å². The van der Waals surface area contributed by atoms with Gasteiger partial charge in [0.1, 0.15) is 6.10 Å². The SMILES string of the molecule is O=C(Nc1cccc(Cn2cccn2)c1)[C@@H]1CCCO1. The van der Waals surface area contributed by atoms with Crippen molar-refractivity contribution in [3.8, 4) is 0 Å². The van der Waals surface area contributed by atoms with Crippen LogP contribution in [-0.4, -0.2) is 28.4 Å². The molecule has 0 radical (unpaired) electrons. The molecule has 0 aliphatic carbocycles. The van der Waals surface area contributed by atoms with E-state index in [4.69, 9.17) is 4.74 Å². The van der Waals surface area contributed by atoms with Gasteiger partial charge in [-0.05, 0) is 36.6 Å². The number of benzene rings is 1. The van der Waals surface area contributed by atoms with Gasteiger partial charge in [0.15, 0.2) is 0 Å². The average molecular weight is 271 g/mol. The number of amides is 1. The minimum absolute atomic E-state index is 0.0567. The third-order valence-corrected chi connectivity index (χ3v) is 3.32. The molecule has 1 aromatic carbocycles. The molecule has 0 bridgehead atoms. The van der Waals surface area contributed by atoms with Crippen molar-refractivity contribution in [2.24, 2.45) is 0 Å². The fourth-order valence-corrected chi connectivity index (χ4v) is 2.34. The molecule has 1 aliphatic heterocycles. The second-order valence-electron chi connectivity index (χ2n) is 4.89. The predicted molar refractivity (Wildman–Crippen MR) is 75.4 cm³/mol. The first-order valence-electron chi connectivity index (χ1n) is 6.80. The van der Waals surface area contributed by atoms with Gasteiger partial charge in [-0.3, -0.25) is 9.48 Å². The van der Waals surface area contributed by atoms with Gasteiger partial charge in [0.05, 0.1) is 6.54 Å². The van der Waals surface area contributed by atoms with Gasteiger partial charge in [-0.2, -0.15) is 5.10 Å². The Kier molecular flexibility index (Phi) is 3.78. The lowest BCUT2D eigenvalue weighted by Crippen LogP contribution is -2.26. The first-order chi connectivity index (χ1) is 9.81. The Balaban J connectivity index is 1.66. The van der Waals surface area contributed by atoms with E-state index in [-0.39, 0.29) is 12.0 Å². The molecule has 104 valence electrons. The molecule has 1 amide bonds. The standard InChI is InChI=1S/C15H17N3O2/c19-15(14-6-2-9-20-14)17-13-5-1-4-12(10-13)11-18-8-3-7-16-18/h1,3-5,7-8,10,14H,2,6,9,11H2,(H,17,19)/t14-/m0/s1. The molecular weight excluding hydrogens is 254 g/mol. The highest BCUT2D eigenvalue weighted by Crippen LogP contribution is 2.16. The maximum absolute atomic E-state index is 12.0. The summed E-state index contributed by atoms with van der Waals surface area (Å²) in [6.07, 6.45) is 5.13. The molecule has 1 atom stereocenters. The minimum Gasteiger partial charge on any atom is -0.368 e. The molecule has 1 N–H and O–H groups in total. The molecular formula is C15H17N3O2. The molecule has 5 heteroatoms. The van der Waals surface area contributed by atoms with Gasteiger partial charge in [0.2, 0.25) is 0 Å². The van der Waals surface area contributed by atoms with Gasteiger partial charge in [0.25, 0.3) is 5.91 Å². The van der Waals surface area contributed by atoms with Crippen LogP contribution in [-0.2, 0) is 16.1 Å². The molecule has 5 nitrogen and oxygen atoms in total. The van der Waals surface area contributed by atoms with Gasteiger partial charge >= 0.3 is 0 Å². The maximum atomic E-state index is 12.0. The van der Waals surface area contributed by atoms with Crippen molar-refractivity contribution in [3.05, 3.63) is 48.3 Å². The number of anilines is 1. The molecule has 0 spiro atoms. The predicted octanol–water partition coefficient (Wildman–Crippen LogP) is 2.05. The van der Waals surface area contributed by atoms with Crippen molar-refractivity contribution in [1.29, 1.82) is 0 Å². The van der Waals surface area contributed by atoms with Crippen molar-refractivity contribution < 1.29 is 9.53 Å². The Morgan fingerprint density at radius 2 is 2.40 bits per heavy atom. The summed E-state index contributed by atoms with van der Waals surface area (Å²) in [7, 11) is 0. The van der Waals surface area contributed by atoms with Crippen LogP contribution in [0.4, 0.5) is 5.69 Å². The van der Waals surface area contributed by atoms with E-state index in [1.807, 2.05) is 41.2 Å². The van der Waals surface area contributed by atoms with Crippen LogP contribution in [0.2, 0.25) is 0 Å². The molecule has 1 aromatic heterocycles. The number of carbonyl (C=O) groups is 1. The van der Waals surface area contributed by atoms with E-state index in [9.17, 15) is 4.79 Å². The zero-order valence-electron chi connectivity index (χ0n) is 11.2.